The molecule has 0 fully saturated rings. The molecule has 0 radical (unpaired) electrons. The molecule has 0 saturated heterocycles. The lowest BCUT2D eigenvalue weighted by Crippen LogP contribution is -1.99. The molecule has 0 aliphatic heterocycles. The Balaban J connectivity index is 1.46. The minimum atomic E-state index is -0.243. The van der Waals surface area contributed by atoms with Crippen molar-refractivity contribution < 1.29 is 14.0 Å². The van der Waals surface area contributed by atoms with Crippen LogP contribution in [0.1, 0.15) is 48.0 Å². The largest absolute Gasteiger partial charge is 0.456 e. The van der Waals surface area contributed by atoms with Gasteiger partial charge in [0.25, 0.3) is 0 Å². The summed E-state index contributed by atoms with van der Waals surface area (Å²) < 4.78 is 6.80. The van der Waals surface area contributed by atoms with E-state index in [1.165, 1.54) is 11.3 Å². The highest BCUT2D eigenvalue weighted by molar-refractivity contribution is 7.19. The number of thiophene rings is 1. The summed E-state index contributed by atoms with van der Waals surface area (Å²) in [5, 5.41) is 0. The third kappa shape index (κ3) is 3.10. The van der Waals surface area contributed by atoms with Gasteiger partial charge in [-0.2, -0.15) is 0 Å². The summed E-state index contributed by atoms with van der Waals surface area (Å²) in [4.78, 5) is 26.4. The summed E-state index contributed by atoms with van der Waals surface area (Å²) in [5.74, 6) is 6.29. The van der Waals surface area contributed by atoms with Gasteiger partial charge in [-0.25, -0.2) is 0 Å². The molecule has 0 saturated carbocycles. The highest BCUT2D eigenvalue weighted by Crippen LogP contribution is 2.33. The molecule has 2 aromatic heterocycles. The molecule has 144 valence electrons. The molecule has 3 nitrogen and oxygen atoms in total. The summed E-state index contributed by atoms with van der Waals surface area (Å²) >= 11 is 1.52. The van der Waals surface area contributed by atoms with Crippen LogP contribution in [0, 0.1) is 25.7 Å². The molecule has 0 unspecified atom stereocenters. The lowest BCUT2D eigenvalue weighted by atomic mass is 10.0. The van der Waals surface area contributed by atoms with Crippen molar-refractivity contribution in [2.75, 3.05) is 0 Å². The number of rotatable bonds is 1. The maximum absolute atomic E-state index is 12.8. The second kappa shape index (κ2) is 6.98. The number of ketones is 2. The lowest BCUT2D eigenvalue weighted by molar-refractivity contribution is 0.0990. The zero-order valence-electron chi connectivity index (χ0n) is 16.4. The van der Waals surface area contributed by atoms with E-state index in [0.717, 1.165) is 26.3 Å². The molecule has 5 rings (SSSR count). The Morgan fingerprint density at radius 1 is 0.867 bits per heavy atom. The fourth-order valence-corrected chi connectivity index (χ4v) is 4.38. The summed E-state index contributed by atoms with van der Waals surface area (Å²) in [5.41, 5.74) is 4.75. The molecule has 2 aromatic carbocycles. The third-order valence-electron chi connectivity index (χ3n) is 5.23. The van der Waals surface area contributed by atoms with Crippen LogP contribution in [0.3, 0.4) is 0 Å². The number of hydrogen-bond donors (Lipinski definition) is 0. The zero-order chi connectivity index (χ0) is 20.8. The fourth-order valence-electron chi connectivity index (χ4n) is 3.50. The van der Waals surface area contributed by atoms with Gasteiger partial charge in [-0.05, 0) is 55.3 Å². The first-order valence-electron chi connectivity index (χ1n) is 9.52. The number of fused-ring (bicyclic) bond motifs is 2. The molecule has 0 spiro atoms. The third-order valence-corrected chi connectivity index (χ3v) is 6.21. The molecule has 0 bridgehead atoms. The quantitative estimate of drug-likeness (QED) is 0.221. The number of carbonyl (C=O) groups is 2. The van der Waals surface area contributed by atoms with Crippen molar-refractivity contribution in [1.82, 2.24) is 0 Å². The van der Waals surface area contributed by atoms with Crippen molar-refractivity contribution in [2.45, 2.75) is 13.8 Å². The minimum Gasteiger partial charge on any atom is -0.456 e. The van der Waals surface area contributed by atoms with Gasteiger partial charge in [-0.15, -0.1) is 11.3 Å². The Kier molecular flexibility index (Phi) is 4.27. The SMILES string of the molecule is Cc1cc2c(cc1C)C(=O)C(=Cc1cc3sc(C#Cc4ccccc4)cc3o1)C2=O. The van der Waals surface area contributed by atoms with Crippen molar-refractivity contribution in [2.24, 2.45) is 0 Å². The average molecular weight is 408 g/mol. The number of carbonyl (C=O) groups excluding carboxylic acids is 2. The topological polar surface area (TPSA) is 47.3 Å². The standard InChI is InChI=1S/C26H16O3S/c1-15-10-20-21(11-16(15)2)26(28)22(25(20)27)12-18-13-24-23(29-18)14-19(30-24)9-8-17-6-4-3-5-7-17/h3-7,10-14H,1-2H3. The van der Waals surface area contributed by atoms with E-state index in [0.29, 0.717) is 22.5 Å². The average Bonchev–Trinajstić information content (AvgIpc) is 3.35. The van der Waals surface area contributed by atoms with Crippen molar-refractivity contribution in [1.29, 1.82) is 0 Å². The van der Waals surface area contributed by atoms with Gasteiger partial charge in [0.1, 0.15) is 11.3 Å². The molecule has 0 atom stereocenters. The van der Waals surface area contributed by atoms with Gasteiger partial charge in [-0.3, -0.25) is 9.59 Å². The summed E-state index contributed by atoms with van der Waals surface area (Å²) in [7, 11) is 0. The predicted octanol–water partition coefficient (Wildman–Crippen LogP) is 5.97. The van der Waals surface area contributed by atoms with Gasteiger partial charge in [-0.1, -0.05) is 30.0 Å². The highest BCUT2D eigenvalue weighted by Gasteiger charge is 2.33. The highest BCUT2D eigenvalue weighted by atomic mass is 32.1. The Bertz CT molecular complexity index is 1360. The first kappa shape index (κ1) is 18.4. The lowest BCUT2D eigenvalue weighted by Gasteiger charge is -2.01. The van der Waals surface area contributed by atoms with Crippen molar-refractivity contribution in [3.05, 3.63) is 98.6 Å². The van der Waals surface area contributed by atoms with Crippen molar-refractivity contribution in [3.8, 4) is 11.8 Å². The van der Waals surface area contributed by atoms with Crippen molar-refractivity contribution >= 4 is 39.3 Å². The second-order valence-electron chi connectivity index (χ2n) is 7.30. The van der Waals surface area contributed by atoms with Crippen LogP contribution in [0.2, 0.25) is 0 Å². The number of aryl methyl sites for hydroxylation is 2. The maximum atomic E-state index is 12.8. The van der Waals surface area contributed by atoms with Gasteiger partial charge in [0, 0.05) is 28.8 Å². The van der Waals surface area contributed by atoms with E-state index in [1.807, 2.05) is 56.3 Å². The van der Waals surface area contributed by atoms with Gasteiger partial charge < -0.3 is 4.42 Å². The molecular formula is C26H16O3S. The minimum absolute atomic E-state index is 0.153. The second-order valence-corrected chi connectivity index (χ2v) is 8.39. The van der Waals surface area contributed by atoms with Crippen LogP contribution in [0.4, 0.5) is 0 Å². The number of furan rings is 1. The molecule has 2 heterocycles. The van der Waals surface area contributed by atoms with E-state index in [4.69, 9.17) is 4.42 Å². The van der Waals surface area contributed by atoms with Crippen LogP contribution in [0.25, 0.3) is 16.4 Å². The Morgan fingerprint density at radius 2 is 1.53 bits per heavy atom. The molecule has 4 aromatic rings. The van der Waals surface area contributed by atoms with Gasteiger partial charge in [0.05, 0.1) is 15.2 Å². The van der Waals surface area contributed by atoms with Crippen LogP contribution in [-0.4, -0.2) is 11.6 Å². The molecule has 0 N–H and O–H groups in total. The van der Waals surface area contributed by atoms with Crippen LogP contribution in [-0.2, 0) is 0 Å². The number of allylic oxidation sites excluding steroid dienone is 1. The van der Waals surface area contributed by atoms with Crippen molar-refractivity contribution in [3.63, 3.8) is 0 Å². The summed E-state index contributed by atoms with van der Waals surface area (Å²) in [6, 6.07) is 17.1. The monoisotopic (exact) mass is 408 g/mol. The smallest absolute Gasteiger partial charge is 0.197 e. The summed E-state index contributed by atoms with van der Waals surface area (Å²) in [6.07, 6.45) is 1.55. The van der Waals surface area contributed by atoms with Crippen LogP contribution < -0.4 is 0 Å². The van der Waals surface area contributed by atoms with E-state index in [9.17, 15) is 9.59 Å². The molecular weight excluding hydrogens is 392 g/mol. The maximum Gasteiger partial charge on any atom is 0.197 e. The van der Waals surface area contributed by atoms with E-state index < -0.39 is 0 Å². The van der Waals surface area contributed by atoms with E-state index in [-0.39, 0.29) is 17.1 Å². The Morgan fingerprint density at radius 3 is 2.17 bits per heavy atom. The van der Waals surface area contributed by atoms with E-state index >= 15 is 0 Å². The van der Waals surface area contributed by atoms with Crippen LogP contribution in [0.5, 0.6) is 0 Å². The van der Waals surface area contributed by atoms with Gasteiger partial charge in [0.2, 0.25) is 0 Å². The molecule has 0 amide bonds. The first-order chi connectivity index (χ1) is 14.5. The van der Waals surface area contributed by atoms with E-state index in [2.05, 4.69) is 11.8 Å². The Labute approximate surface area is 177 Å². The van der Waals surface area contributed by atoms with Crippen LogP contribution >= 0.6 is 11.3 Å². The predicted molar refractivity (Wildman–Crippen MR) is 119 cm³/mol. The molecule has 1 aliphatic carbocycles. The fraction of sp³-hybridized carbons (Fsp3) is 0.0769. The molecule has 1 aliphatic rings. The number of Topliss-reactive ketones (excluding diaryl/α,β-unsaturated/α-hetero) is 2. The normalized spacial score (nSPS) is 12.8. The van der Waals surface area contributed by atoms with Gasteiger partial charge in [0.15, 0.2) is 11.6 Å². The van der Waals surface area contributed by atoms with E-state index in [1.54, 1.807) is 18.2 Å². The van der Waals surface area contributed by atoms with Crippen LogP contribution in [0.15, 0.2) is 64.6 Å². The Hall–Kier alpha value is -3.68. The van der Waals surface area contributed by atoms with Gasteiger partial charge >= 0.3 is 0 Å². The zero-order valence-corrected chi connectivity index (χ0v) is 17.2. The summed E-state index contributed by atoms with van der Waals surface area (Å²) in [6.45, 7) is 3.88. The molecule has 30 heavy (non-hydrogen) atoms. The number of benzene rings is 2. The first-order valence-corrected chi connectivity index (χ1v) is 10.3. The number of hydrogen-bond acceptors (Lipinski definition) is 4. The molecule has 4 heteroatoms.